The standard InChI is InChI=1S/C29H30N4O6S2/c1-20-8-11-22(12-9-20)41(36,37)32-16-14-31(15-17-32)27(34)19-40-29-30-24-7-5-4-6-23(24)28(35)33(29)25-18-21(38-2)10-13-26(25)39-3/h4-13,18H,14-17,19H2,1-3H3. The van der Waals surface area contributed by atoms with E-state index in [4.69, 9.17) is 14.5 Å². The van der Waals surface area contributed by atoms with Crippen molar-refractivity contribution in [3.8, 4) is 17.2 Å². The third-order valence-corrected chi connectivity index (χ3v) is 9.78. The molecular weight excluding hydrogens is 564 g/mol. The lowest BCUT2D eigenvalue weighted by atomic mass is 10.2. The minimum Gasteiger partial charge on any atom is -0.497 e. The van der Waals surface area contributed by atoms with Crippen LogP contribution in [0.2, 0.25) is 0 Å². The van der Waals surface area contributed by atoms with E-state index < -0.39 is 10.0 Å². The number of amides is 1. The minimum atomic E-state index is -3.64. The molecule has 5 rings (SSSR count). The van der Waals surface area contributed by atoms with Gasteiger partial charge in [-0.05, 0) is 43.3 Å². The summed E-state index contributed by atoms with van der Waals surface area (Å²) < 4.78 is 39.9. The number of carbonyl (C=O) groups is 1. The first-order valence-electron chi connectivity index (χ1n) is 12.9. The first kappa shape index (κ1) is 28.7. The number of fused-ring (bicyclic) bond motifs is 1. The van der Waals surface area contributed by atoms with Gasteiger partial charge < -0.3 is 14.4 Å². The summed E-state index contributed by atoms with van der Waals surface area (Å²) in [5.74, 6) is 0.825. The van der Waals surface area contributed by atoms with Crippen LogP contribution in [0.15, 0.2) is 81.6 Å². The molecule has 0 unspecified atom stereocenters. The number of piperazine rings is 1. The van der Waals surface area contributed by atoms with Crippen molar-refractivity contribution in [3.63, 3.8) is 0 Å². The van der Waals surface area contributed by atoms with Gasteiger partial charge in [0.25, 0.3) is 5.56 Å². The van der Waals surface area contributed by atoms with E-state index in [-0.39, 0.29) is 48.3 Å². The molecule has 4 aromatic rings. The number of methoxy groups -OCH3 is 2. The van der Waals surface area contributed by atoms with E-state index in [1.807, 2.05) is 6.92 Å². The number of sulfonamides is 1. The Labute approximate surface area is 242 Å². The normalized spacial score (nSPS) is 14.3. The third-order valence-electron chi connectivity index (χ3n) is 6.95. The van der Waals surface area contributed by atoms with E-state index in [2.05, 4.69) is 0 Å². The predicted molar refractivity (Wildman–Crippen MR) is 158 cm³/mol. The van der Waals surface area contributed by atoms with Crippen molar-refractivity contribution < 1.29 is 22.7 Å². The van der Waals surface area contributed by atoms with Gasteiger partial charge in [-0.25, -0.2) is 13.4 Å². The topological polar surface area (TPSA) is 111 Å². The van der Waals surface area contributed by atoms with Crippen molar-refractivity contribution in [2.45, 2.75) is 17.0 Å². The number of rotatable bonds is 8. The highest BCUT2D eigenvalue weighted by atomic mass is 32.2. The Morgan fingerprint density at radius 1 is 0.951 bits per heavy atom. The van der Waals surface area contributed by atoms with Gasteiger partial charge in [0.05, 0.1) is 41.5 Å². The molecule has 0 bridgehead atoms. The van der Waals surface area contributed by atoms with Crippen LogP contribution >= 0.6 is 11.8 Å². The molecule has 10 nitrogen and oxygen atoms in total. The number of ether oxygens (including phenoxy) is 2. The van der Waals surface area contributed by atoms with Crippen LogP contribution in [0.4, 0.5) is 0 Å². The number of benzene rings is 3. The number of hydrogen-bond acceptors (Lipinski definition) is 8. The first-order chi connectivity index (χ1) is 19.7. The average molecular weight is 595 g/mol. The highest BCUT2D eigenvalue weighted by Crippen LogP contribution is 2.31. The lowest BCUT2D eigenvalue weighted by Gasteiger charge is -2.34. The molecule has 1 amide bonds. The van der Waals surface area contributed by atoms with Gasteiger partial charge in [-0.15, -0.1) is 0 Å². The molecule has 41 heavy (non-hydrogen) atoms. The molecule has 214 valence electrons. The van der Waals surface area contributed by atoms with Crippen LogP contribution in [0.5, 0.6) is 11.5 Å². The molecule has 12 heteroatoms. The molecule has 1 aliphatic heterocycles. The predicted octanol–water partition coefficient (Wildman–Crippen LogP) is 3.34. The maximum absolute atomic E-state index is 13.7. The van der Waals surface area contributed by atoms with E-state index >= 15 is 0 Å². The highest BCUT2D eigenvalue weighted by molar-refractivity contribution is 7.99. The Bertz CT molecular complexity index is 1750. The van der Waals surface area contributed by atoms with Gasteiger partial charge in [-0.1, -0.05) is 41.6 Å². The van der Waals surface area contributed by atoms with Crippen molar-refractivity contribution in [1.82, 2.24) is 18.8 Å². The molecule has 0 atom stereocenters. The van der Waals surface area contributed by atoms with Gasteiger partial charge in [0.1, 0.15) is 11.5 Å². The van der Waals surface area contributed by atoms with E-state index in [0.717, 1.165) is 17.3 Å². The average Bonchev–Trinajstić information content (AvgIpc) is 3.00. The van der Waals surface area contributed by atoms with E-state index in [1.165, 1.54) is 23.1 Å². The molecular formula is C29H30N4O6S2. The van der Waals surface area contributed by atoms with Crippen molar-refractivity contribution in [1.29, 1.82) is 0 Å². The smallest absolute Gasteiger partial charge is 0.266 e. The summed E-state index contributed by atoms with van der Waals surface area (Å²) in [5.41, 5.74) is 1.64. The van der Waals surface area contributed by atoms with Crippen LogP contribution in [0, 0.1) is 6.92 Å². The minimum absolute atomic E-state index is 0.0157. The number of nitrogens with zero attached hydrogens (tertiary/aromatic N) is 4. The molecule has 1 fully saturated rings. The zero-order valence-electron chi connectivity index (χ0n) is 22.9. The van der Waals surface area contributed by atoms with Gasteiger partial charge in [0.15, 0.2) is 5.16 Å². The lowest BCUT2D eigenvalue weighted by molar-refractivity contribution is -0.129. The number of aryl methyl sites for hydroxylation is 1. The summed E-state index contributed by atoms with van der Waals surface area (Å²) in [6.45, 7) is 2.84. The summed E-state index contributed by atoms with van der Waals surface area (Å²) in [4.78, 5) is 33.5. The number of thioether (sulfide) groups is 1. The van der Waals surface area contributed by atoms with Gasteiger partial charge in [-0.3, -0.25) is 14.2 Å². The zero-order valence-corrected chi connectivity index (χ0v) is 24.6. The Kier molecular flexibility index (Phi) is 8.34. The number of para-hydroxylation sites is 1. The summed E-state index contributed by atoms with van der Waals surface area (Å²) in [6, 6.07) is 18.9. The zero-order chi connectivity index (χ0) is 29.1. The van der Waals surface area contributed by atoms with Gasteiger partial charge in [-0.2, -0.15) is 4.31 Å². The molecule has 0 spiro atoms. The quantitative estimate of drug-likeness (QED) is 0.226. The maximum Gasteiger partial charge on any atom is 0.266 e. The summed E-state index contributed by atoms with van der Waals surface area (Å²) in [6.07, 6.45) is 0. The second kappa shape index (κ2) is 11.9. The van der Waals surface area contributed by atoms with Crippen LogP contribution in [0.3, 0.4) is 0 Å². The molecule has 1 aliphatic rings. The molecule has 0 N–H and O–H groups in total. The van der Waals surface area contributed by atoms with Crippen LogP contribution in [0.1, 0.15) is 5.56 Å². The molecule has 2 heterocycles. The van der Waals surface area contributed by atoms with Crippen molar-refractivity contribution in [2.75, 3.05) is 46.2 Å². The van der Waals surface area contributed by atoms with Crippen LogP contribution in [-0.2, 0) is 14.8 Å². The highest BCUT2D eigenvalue weighted by Gasteiger charge is 2.30. The second-order valence-corrected chi connectivity index (χ2v) is 12.4. The van der Waals surface area contributed by atoms with E-state index in [0.29, 0.717) is 33.2 Å². The van der Waals surface area contributed by atoms with Crippen LogP contribution < -0.4 is 15.0 Å². The Hall–Kier alpha value is -3.87. The summed E-state index contributed by atoms with van der Waals surface area (Å²) >= 11 is 1.14. The fourth-order valence-electron chi connectivity index (χ4n) is 4.65. The summed E-state index contributed by atoms with van der Waals surface area (Å²) in [7, 11) is -0.589. The lowest BCUT2D eigenvalue weighted by Crippen LogP contribution is -2.51. The van der Waals surface area contributed by atoms with Gasteiger partial charge >= 0.3 is 0 Å². The van der Waals surface area contributed by atoms with Crippen molar-refractivity contribution >= 4 is 38.6 Å². The van der Waals surface area contributed by atoms with E-state index in [1.54, 1.807) is 71.6 Å². The Balaban J connectivity index is 1.36. The van der Waals surface area contributed by atoms with Gasteiger partial charge in [0, 0.05) is 32.2 Å². The monoisotopic (exact) mass is 594 g/mol. The fraction of sp³-hybridized carbons (Fsp3) is 0.276. The number of aromatic nitrogens is 2. The molecule has 0 aliphatic carbocycles. The number of carbonyl (C=O) groups excluding carboxylic acids is 1. The molecule has 1 aromatic heterocycles. The first-order valence-corrected chi connectivity index (χ1v) is 15.4. The summed E-state index contributed by atoms with van der Waals surface area (Å²) in [5, 5.41) is 0.758. The largest absolute Gasteiger partial charge is 0.497 e. The van der Waals surface area contributed by atoms with Crippen molar-refractivity contribution in [2.24, 2.45) is 0 Å². The third kappa shape index (κ3) is 5.81. The van der Waals surface area contributed by atoms with E-state index in [9.17, 15) is 18.0 Å². The SMILES string of the molecule is COc1ccc(OC)c(-n2c(SCC(=O)N3CCN(S(=O)(=O)c4ccc(C)cc4)CC3)nc3ccccc3c2=O)c1. The molecule has 1 saturated heterocycles. The fourth-order valence-corrected chi connectivity index (χ4v) is 6.98. The van der Waals surface area contributed by atoms with Crippen LogP contribution in [0.25, 0.3) is 16.6 Å². The molecule has 3 aromatic carbocycles. The molecule has 0 radical (unpaired) electrons. The second-order valence-electron chi connectivity index (χ2n) is 9.48. The van der Waals surface area contributed by atoms with Crippen LogP contribution in [-0.4, -0.2) is 79.2 Å². The Morgan fingerprint density at radius 2 is 1.66 bits per heavy atom. The Morgan fingerprint density at radius 3 is 2.34 bits per heavy atom. The molecule has 0 saturated carbocycles. The van der Waals surface area contributed by atoms with Gasteiger partial charge in [0.2, 0.25) is 15.9 Å². The number of hydrogen-bond donors (Lipinski definition) is 0. The maximum atomic E-state index is 13.7. The van der Waals surface area contributed by atoms with Crippen molar-refractivity contribution in [3.05, 3.63) is 82.6 Å².